The Labute approximate surface area is 585 Å². The van der Waals surface area contributed by atoms with Gasteiger partial charge in [0.25, 0.3) is 0 Å². The van der Waals surface area contributed by atoms with Crippen LogP contribution in [0, 0.1) is 55.4 Å². The van der Waals surface area contributed by atoms with E-state index < -0.39 is 10.9 Å². The van der Waals surface area contributed by atoms with Gasteiger partial charge in [0.05, 0.1) is 0 Å². The third kappa shape index (κ3) is 20.0. The molecule has 0 saturated carbocycles. The molecule has 0 N–H and O–H groups in total. The van der Waals surface area contributed by atoms with Crippen LogP contribution in [0.15, 0.2) is 218 Å². The van der Waals surface area contributed by atoms with Crippen LogP contribution in [0.2, 0.25) is 0 Å². The first-order valence-corrected chi connectivity index (χ1v) is 41.8. The van der Waals surface area contributed by atoms with Crippen LogP contribution in [0.25, 0.3) is 43.1 Å². The fourth-order valence-corrected chi connectivity index (χ4v) is 19.4. The molecule has 0 aliphatic heterocycles. The molecule has 0 radical (unpaired) electrons. The molecule has 0 unspecified atom stereocenters. The van der Waals surface area contributed by atoms with Gasteiger partial charge in [0.2, 0.25) is 0 Å². The molecule has 0 saturated heterocycles. The predicted molar refractivity (Wildman–Crippen MR) is 387 cm³/mol. The van der Waals surface area contributed by atoms with E-state index in [-0.39, 0.29) is 46.5 Å². The van der Waals surface area contributed by atoms with Gasteiger partial charge in [0.15, 0.2) is 0 Å². The molecule has 12 aromatic rings. The number of benzene rings is 8. The minimum absolute atomic E-state index is 0. The van der Waals surface area contributed by atoms with Gasteiger partial charge in [-0.15, -0.1) is 136 Å². The Balaban J connectivity index is 0.000000196. The van der Waals surface area contributed by atoms with E-state index >= 15 is 0 Å². The predicted octanol–water partition coefficient (Wildman–Crippen LogP) is 14.6. The van der Waals surface area contributed by atoms with E-state index in [4.69, 9.17) is 0 Å². The molecular weight excluding hydrogens is 1320 g/mol. The third-order valence-corrected chi connectivity index (χ3v) is 28.6. The summed E-state index contributed by atoms with van der Waals surface area (Å²) in [7, 11) is 0. The number of fused-ring (bicyclic) bond motifs is 4. The maximum atomic E-state index is 2.31. The molecule has 0 atom stereocenters. The van der Waals surface area contributed by atoms with Crippen molar-refractivity contribution in [2.45, 2.75) is 160 Å². The Bertz CT molecular complexity index is 3720. The summed E-state index contributed by atoms with van der Waals surface area (Å²) in [6, 6.07) is 79.8. The number of hydrogen-bond donors (Lipinski definition) is 0. The Kier molecular flexibility index (Phi) is 27.5. The van der Waals surface area contributed by atoms with E-state index in [1.165, 1.54) is 131 Å². The molecule has 0 aromatic heterocycles. The molecule has 464 valence electrons. The van der Waals surface area contributed by atoms with E-state index in [1.54, 1.807) is 46.7 Å². The molecule has 12 rings (SSSR count). The zero-order valence-corrected chi connectivity index (χ0v) is 66.0. The zero-order chi connectivity index (χ0) is 64.5. The zero-order valence-electron chi connectivity index (χ0n) is 57.5. The van der Waals surface area contributed by atoms with Crippen molar-refractivity contribution in [1.29, 1.82) is 0 Å². The number of halogens is 2. The van der Waals surface area contributed by atoms with Crippen molar-refractivity contribution in [3.63, 3.8) is 0 Å². The van der Waals surface area contributed by atoms with Crippen LogP contribution in [-0.4, -0.2) is 10.9 Å². The Morgan fingerprint density at radius 3 is 0.578 bits per heavy atom. The first-order valence-electron chi connectivity index (χ1n) is 31.4. The van der Waals surface area contributed by atoms with Crippen molar-refractivity contribution in [2.24, 2.45) is 0 Å². The quantitative estimate of drug-likeness (QED) is 0.122. The van der Waals surface area contributed by atoms with Gasteiger partial charge in [-0.05, 0) is 21.7 Å². The van der Waals surface area contributed by atoms with Crippen molar-refractivity contribution in [2.75, 3.05) is 0 Å². The maximum absolute atomic E-state index is 2.31. The van der Waals surface area contributed by atoms with Gasteiger partial charge in [-0.2, -0.15) is 24.3 Å². The normalized spacial score (nSPS) is 11.3. The fraction of sp³-hybridized carbons (Fsp3) is 0.286. The summed E-state index contributed by atoms with van der Waals surface area (Å²) >= 11 is 3.29. The van der Waals surface area contributed by atoms with E-state index in [1.807, 2.05) is 0 Å². The van der Waals surface area contributed by atoms with Gasteiger partial charge < -0.3 is 24.8 Å². The van der Waals surface area contributed by atoms with Crippen LogP contribution in [0.4, 0.5) is 0 Å². The molecule has 0 heterocycles. The van der Waals surface area contributed by atoms with E-state index in [0.717, 1.165) is 0 Å². The van der Waals surface area contributed by atoms with Crippen molar-refractivity contribution in [1.82, 2.24) is 0 Å². The summed E-state index contributed by atoms with van der Waals surface area (Å²) in [5.74, 6) is 0. The topological polar surface area (TPSA) is 0 Å². The van der Waals surface area contributed by atoms with Gasteiger partial charge in [0, 0.05) is 0 Å². The van der Waals surface area contributed by atoms with Crippen molar-refractivity contribution >= 4 is 74.7 Å². The molecule has 0 nitrogen and oxygen atoms in total. The van der Waals surface area contributed by atoms with E-state index in [0.29, 0.717) is 0 Å². The fourth-order valence-electron chi connectivity index (χ4n) is 11.7. The summed E-state index contributed by atoms with van der Waals surface area (Å²) in [4.78, 5) is 0. The summed E-state index contributed by atoms with van der Waals surface area (Å²) in [6.45, 7) is 44.8. The number of hydrogen-bond acceptors (Lipinski definition) is 0. The monoisotopic (exact) mass is 1410 g/mol. The summed E-state index contributed by atoms with van der Waals surface area (Å²) in [5.41, 5.74) is 16.8. The van der Waals surface area contributed by atoms with Crippen molar-refractivity contribution in [3.8, 4) is 0 Å². The third-order valence-electron chi connectivity index (χ3n) is 16.5. The first kappa shape index (κ1) is 75.7. The second-order valence-corrected chi connectivity index (χ2v) is 39.6. The molecule has 6 heteroatoms. The average molecular weight is 1420 g/mol. The van der Waals surface area contributed by atoms with Crippen molar-refractivity contribution < 1.29 is 71.5 Å². The molecular formula is C84H96Cl2Si2Zr2-2. The number of aryl methyl sites for hydroxylation is 8. The molecule has 90 heavy (non-hydrogen) atoms. The first-order chi connectivity index (χ1) is 41.3. The summed E-state index contributed by atoms with van der Waals surface area (Å²) < 4.78 is 0. The van der Waals surface area contributed by atoms with Crippen LogP contribution >= 0.6 is 0 Å². The van der Waals surface area contributed by atoms with Crippen LogP contribution in [-0.2, 0) is 68.3 Å². The van der Waals surface area contributed by atoms with Crippen LogP contribution < -0.4 is 45.6 Å². The van der Waals surface area contributed by atoms with Gasteiger partial charge in [-0.25, -0.2) is 0 Å². The van der Waals surface area contributed by atoms with Crippen LogP contribution in [0.3, 0.4) is 0 Å². The molecule has 0 aliphatic carbocycles. The summed E-state index contributed by atoms with van der Waals surface area (Å²) in [6.07, 6.45) is 0. The molecule has 0 fully saturated rings. The van der Waals surface area contributed by atoms with Gasteiger partial charge >= 0.3 is 200 Å². The Morgan fingerprint density at radius 2 is 0.422 bits per heavy atom. The molecule has 0 amide bonds. The standard InChI is InChI=1S/4C15H19.2C12H10Si.2ClH.2Zr/c4*1-10-8-12-11(2)6-7-14(13(12)9-10)15(3,4)5;2*1-3-7-11(8-4-1)13-12-9-5-2-6-10-12;;;;/h4*6-9H,1-5H3;2*1-10H;2*1H;;/q4*-1;;;;;2*+2/p-2. The molecule has 12 aromatic carbocycles. The molecule has 0 aliphatic rings. The van der Waals surface area contributed by atoms with Crippen LogP contribution in [0.5, 0.6) is 0 Å². The summed E-state index contributed by atoms with van der Waals surface area (Å²) in [5, 5.41) is 17.5. The van der Waals surface area contributed by atoms with Crippen LogP contribution in [0.1, 0.15) is 150 Å². The average Bonchev–Trinajstić information content (AvgIpc) is 1.64. The van der Waals surface area contributed by atoms with E-state index in [9.17, 15) is 0 Å². The second-order valence-electron chi connectivity index (χ2n) is 28.4. The molecule has 0 spiro atoms. The second kappa shape index (κ2) is 32.7. The molecule has 0 bridgehead atoms. The van der Waals surface area contributed by atoms with E-state index in [2.05, 4.69) is 357 Å². The SMILES string of the molecule is Cc1cc2c(C(C)(C)C)ccc(C)c2[cH-]1.Cc1cc2c(C(C)(C)C)ccc(C)c2[cH-]1.Cc1cc2c(C(C)(C)C)ccc(C)c2[cH-]1.Cc1cc2c(C(C)(C)C)ccc(C)c2[cH-]1.[Cl-].[Cl-].[Zr+2]=[Si](c1ccccc1)c1ccccc1.[Zr+2]=[Si](c1ccccc1)c1ccccc1. The minimum atomic E-state index is -0.455. The Hall–Kier alpha value is -5.02. The van der Waals surface area contributed by atoms with Gasteiger partial charge in [-0.1, -0.05) is 185 Å². The Morgan fingerprint density at radius 1 is 0.256 bits per heavy atom. The van der Waals surface area contributed by atoms with Gasteiger partial charge in [0.1, 0.15) is 0 Å². The number of rotatable bonds is 4. The van der Waals surface area contributed by atoms with Gasteiger partial charge in [-0.3, -0.25) is 0 Å². The van der Waals surface area contributed by atoms with Crippen molar-refractivity contribution in [3.05, 3.63) is 285 Å².